The summed E-state index contributed by atoms with van der Waals surface area (Å²) in [5, 5.41) is 3.04. The highest BCUT2D eigenvalue weighted by molar-refractivity contribution is 7.89. The Balaban J connectivity index is 1.84. The van der Waals surface area contributed by atoms with Crippen molar-refractivity contribution >= 4 is 21.6 Å². The number of nitrogens with one attached hydrogen (secondary N) is 1. The molecule has 2 atom stereocenters. The molecule has 0 spiro atoms. The minimum Gasteiger partial charge on any atom is -0.324 e. The summed E-state index contributed by atoms with van der Waals surface area (Å²) in [4.78, 5) is 19.8. The number of nitrogens with zero attached hydrogens (tertiary/aromatic N) is 3. The zero-order chi connectivity index (χ0) is 20.4. The lowest BCUT2D eigenvalue weighted by Gasteiger charge is -2.35. The molecule has 7 nitrogen and oxygen atoms in total. The molecule has 156 valence electrons. The number of anilines is 1. The third-order valence-corrected chi connectivity index (χ3v) is 8.34. The zero-order valence-electron chi connectivity index (χ0n) is 17.1. The normalized spacial score (nSPS) is 26.8. The number of rotatable bonds is 6. The number of carbonyl (C=O) groups is 1. The number of likely N-dealkylation sites (tertiary alicyclic amines) is 1. The number of hydrogen-bond acceptors (Lipinski definition) is 5. The van der Waals surface area contributed by atoms with Crippen molar-refractivity contribution < 1.29 is 13.2 Å². The predicted octanol–water partition coefficient (Wildman–Crippen LogP) is 2.18. The summed E-state index contributed by atoms with van der Waals surface area (Å²) >= 11 is 0. The molecule has 1 amide bonds. The number of aromatic nitrogens is 1. The van der Waals surface area contributed by atoms with Crippen molar-refractivity contribution in [3.05, 3.63) is 24.5 Å². The van der Waals surface area contributed by atoms with Crippen LogP contribution in [-0.4, -0.2) is 66.5 Å². The van der Waals surface area contributed by atoms with Crippen molar-refractivity contribution in [1.82, 2.24) is 14.2 Å². The zero-order valence-corrected chi connectivity index (χ0v) is 17.9. The second-order valence-corrected chi connectivity index (χ2v) is 10.4. The van der Waals surface area contributed by atoms with E-state index in [1.54, 1.807) is 22.8 Å². The molecule has 1 aromatic heterocycles. The van der Waals surface area contributed by atoms with E-state index < -0.39 is 15.4 Å². The van der Waals surface area contributed by atoms with Crippen LogP contribution in [0.2, 0.25) is 0 Å². The van der Waals surface area contributed by atoms with Crippen LogP contribution in [0.15, 0.2) is 24.5 Å². The second-order valence-electron chi connectivity index (χ2n) is 8.36. The topological polar surface area (TPSA) is 82.6 Å². The van der Waals surface area contributed by atoms with Gasteiger partial charge in [0.2, 0.25) is 15.9 Å². The van der Waals surface area contributed by atoms with Crippen LogP contribution in [0.4, 0.5) is 5.69 Å². The molecule has 8 heteroatoms. The number of fused-ring (bicyclic) bond motifs is 1. The van der Waals surface area contributed by atoms with E-state index in [1.807, 2.05) is 19.9 Å². The largest absolute Gasteiger partial charge is 0.324 e. The third-order valence-electron chi connectivity index (χ3n) is 6.10. The first-order valence-corrected chi connectivity index (χ1v) is 11.8. The molecular formula is C20H32N4O3S. The quantitative estimate of drug-likeness (QED) is 0.780. The summed E-state index contributed by atoms with van der Waals surface area (Å²) in [6.45, 7) is 8.58. The van der Waals surface area contributed by atoms with Crippen LogP contribution in [0.5, 0.6) is 0 Å². The first-order chi connectivity index (χ1) is 13.3. The Morgan fingerprint density at radius 1 is 1.32 bits per heavy atom. The predicted molar refractivity (Wildman–Crippen MR) is 110 cm³/mol. The monoisotopic (exact) mass is 408 g/mol. The molecule has 1 aromatic rings. The van der Waals surface area contributed by atoms with Gasteiger partial charge in [0.05, 0.1) is 23.1 Å². The lowest BCUT2D eigenvalue weighted by atomic mass is 9.75. The van der Waals surface area contributed by atoms with Gasteiger partial charge in [0.1, 0.15) is 0 Å². The van der Waals surface area contributed by atoms with Gasteiger partial charge in [-0.2, -0.15) is 0 Å². The molecule has 1 N–H and O–H groups in total. The fourth-order valence-corrected chi connectivity index (χ4v) is 6.53. The van der Waals surface area contributed by atoms with Gasteiger partial charge >= 0.3 is 0 Å². The highest BCUT2D eigenvalue weighted by Crippen LogP contribution is 2.44. The van der Waals surface area contributed by atoms with E-state index in [2.05, 4.69) is 22.1 Å². The summed E-state index contributed by atoms with van der Waals surface area (Å²) in [5.41, 5.74) is 0.123. The Morgan fingerprint density at radius 2 is 2.07 bits per heavy atom. The van der Waals surface area contributed by atoms with E-state index in [9.17, 15) is 13.2 Å². The summed E-state index contributed by atoms with van der Waals surface area (Å²) in [6, 6.07) is 3.69. The molecule has 2 fully saturated rings. The number of carbonyl (C=O) groups excluding carboxylic acids is 1. The molecule has 0 aliphatic carbocycles. The van der Waals surface area contributed by atoms with Gasteiger partial charge in [-0.05, 0) is 50.4 Å². The Labute approximate surface area is 168 Å². The van der Waals surface area contributed by atoms with Gasteiger partial charge in [0.25, 0.3) is 0 Å². The van der Waals surface area contributed by atoms with Crippen LogP contribution in [0.25, 0.3) is 0 Å². The Morgan fingerprint density at radius 3 is 2.71 bits per heavy atom. The van der Waals surface area contributed by atoms with Crippen LogP contribution in [0.1, 0.15) is 40.0 Å². The fraction of sp³-hybridized carbons (Fsp3) is 0.700. The molecule has 0 bridgehead atoms. The molecule has 0 unspecified atom stereocenters. The summed E-state index contributed by atoms with van der Waals surface area (Å²) < 4.78 is 27.2. The first-order valence-electron chi connectivity index (χ1n) is 10.2. The van der Waals surface area contributed by atoms with Gasteiger partial charge in [0.15, 0.2) is 0 Å². The van der Waals surface area contributed by atoms with Gasteiger partial charge in [0, 0.05) is 25.3 Å². The van der Waals surface area contributed by atoms with Crippen molar-refractivity contribution in [3.8, 4) is 0 Å². The molecule has 0 radical (unpaired) electrons. The van der Waals surface area contributed by atoms with Gasteiger partial charge < -0.3 is 5.32 Å². The van der Waals surface area contributed by atoms with Crippen LogP contribution >= 0.6 is 0 Å². The lowest BCUT2D eigenvalue weighted by Crippen LogP contribution is -2.47. The molecule has 0 aromatic carbocycles. The first kappa shape index (κ1) is 21.2. The van der Waals surface area contributed by atoms with Crippen LogP contribution in [-0.2, 0) is 14.8 Å². The standard InChI is InChI=1S/C20H32N4O3S/c1-4-23-12-8-20(19(25)22-17-6-5-10-21-14-17)9-13-24(11-7-18(20)23)28(26,27)15-16(2)3/h5-6,10,14,16,18H,4,7-9,11-13,15H2,1-3H3,(H,22,25)/t18-,20-/m0/s1. The number of pyridine rings is 1. The number of sulfonamides is 1. The van der Waals surface area contributed by atoms with Crippen molar-refractivity contribution in [2.45, 2.75) is 46.1 Å². The second kappa shape index (κ2) is 8.47. The fourth-order valence-electron chi connectivity index (χ4n) is 4.72. The molecule has 2 aliphatic rings. The minimum absolute atomic E-state index is 0.00967. The lowest BCUT2D eigenvalue weighted by molar-refractivity contribution is -0.127. The van der Waals surface area contributed by atoms with Crippen molar-refractivity contribution in [1.29, 1.82) is 0 Å². The Hall–Kier alpha value is -1.51. The maximum atomic E-state index is 13.4. The smallest absolute Gasteiger partial charge is 0.232 e. The molecule has 3 heterocycles. The van der Waals surface area contributed by atoms with Crippen LogP contribution < -0.4 is 5.32 Å². The van der Waals surface area contributed by atoms with E-state index in [4.69, 9.17) is 0 Å². The van der Waals surface area contributed by atoms with Crippen molar-refractivity contribution in [2.75, 3.05) is 37.2 Å². The van der Waals surface area contributed by atoms with E-state index in [1.165, 1.54) is 0 Å². The SMILES string of the molecule is CCN1CC[C@]2(C(=O)Nc3cccnc3)CCN(S(=O)(=O)CC(C)C)CC[C@H]12. The van der Waals surface area contributed by atoms with Crippen LogP contribution in [0.3, 0.4) is 0 Å². The van der Waals surface area contributed by atoms with E-state index >= 15 is 0 Å². The van der Waals surface area contributed by atoms with Gasteiger partial charge in [-0.3, -0.25) is 14.7 Å². The average Bonchev–Trinajstić information content (AvgIpc) is 2.88. The van der Waals surface area contributed by atoms with Crippen LogP contribution in [0, 0.1) is 11.3 Å². The molecule has 0 saturated carbocycles. The van der Waals surface area contributed by atoms with Gasteiger partial charge in [-0.15, -0.1) is 0 Å². The Bertz CT molecular complexity index is 784. The summed E-state index contributed by atoms with van der Waals surface area (Å²) in [6.07, 6.45) is 5.32. The maximum absolute atomic E-state index is 13.4. The molecule has 2 saturated heterocycles. The summed E-state index contributed by atoms with van der Waals surface area (Å²) in [7, 11) is -3.30. The van der Waals surface area contributed by atoms with Gasteiger partial charge in [-0.1, -0.05) is 20.8 Å². The third kappa shape index (κ3) is 4.23. The average molecular weight is 409 g/mol. The highest BCUT2D eigenvalue weighted by atomic mass is 32.2. The molecule has 2 aliphatic heterocycles. The number of hydrogen-bond donors (Lipinski definition) is 1. The van der Waals surface area contributed by atoms with E-state index in [-0.39, 0.29) is 23.6 Å². The molecular weight excluding hydrogens is 376 g/mol. The minimum atomic E-state index is -3.30. The Kier molecular flexibility index (Phi) is 6.41. The number of amides is 1. The molecule has 3 rings (SSSR count). The molecule has 28 heavy (non-hydrogen) atoms. The van der Waals surface area contributed by atoms with E-state index in [0.29, 0.717) is 31.6 Å². The van der Waals surface area contributed by atoms with Gasteiger partial charge in [-0.25, -0.2) is 12.7 Å². The maximum Gasteiger partial charge on any atom is 0.232 e. The van der Waals surface area contributed by atoms with Crippen molar-refractivity contribution in [3.63, 3.8) is 0 Å². The summed E-state index contributed by atoms with van der Waals surface area (Å²) in [5.74, 6) is 0.233. The highest BCUT2D eigenvalue weighted by Gasteiger charge is 2.53. The van der Waals surface area contributed by atoms with E-state index in [0.717, 1.165) is 19.5 Å². The van der Waals surface area contributed by atoms with Crippen molar-refractivity contribution in [2.24, 2.45) is 11.3 Å².